The molecule has 2 heteroatoms. The highest BCUT2D eigenvalue weighted by atomic mass is 35.5. The summed E-state index contributed by atoms with van der Waals surface area (Å²) in [6, 6.07) is 15.7. The van der Waals surface area contributed by atoms with Crippen molar-refractivity contribution in [3.8, 4) is 0 Å². The van der Waals surface area contributed by atoms with Crippen LogP contribution in [0.2, 0.25) is 0 Å². The van der Waals surface area contributed by atoms with Crippen molar-refractivity contribution in [3.05, 3.63) is 70.3 Å². The molecular formula is C20H22ClN. The molecular weight excluding hydrogens is 290 g/mol. The van der Waals surface area contributed by atoms with Gasteiger partial charge in [0, 0.05) is 19.6 Å². The molecule has 4 rings (SSSR count). The van der Waals surface area contributed by atoms with Crippen molar-refractivity contribution in [2.24, 2.45) is 0 Å². The molecule has 0 amide bonds. The van der Waals surface area contributed by atoms with Gasteiger partial charge < -0.3 is 0 Å². The van der Waals surface area contributed by atoms with Crippen molar-refractivity contribution in [2.75, 3.05) is 13.1 Å². The van der Waals surface area contributed by atoms with Gasteiger partial charge in [-0.1, -0.05) is 42.5 Å². The van der Waals surface area contributed by atoms with E-state index < -0.39 is 0 Å². The predicted molar refractivity (Wildman–Crippen MR) is 92.5 cm³/mol. The van der Waals surface area contributed by atoms with Gasteiger partial charge in [-0.25, -0.2) is 0 Å². The molecule has 1 aliphatic heterocycles. The summed E-state index contributed by atoms with van der Waals surface area (Å²) in [6.45, 7) is 3.09. The second-order valence-electron chi connectivity index (χ2n) is 6.60. The summed E-state index contributed by atoms with van der Waals surface area (Å²) in [4.78, 5) is 2.49. The van der Waals surface area contributed by atoms with E-state index in [9.17, 15) is 0 Å². The van der Waals surface area contributed by atoms with Gasteiger partial charge >= 0.3 is 0 Å². The molecule has 22 heavy (non-hydrogen) atoms. The molecule has 0 N–H and O–H groups in total. The van der Waals surface area contributed by atoms with Crippen LogP contribution in [0.5, 0.6) is 0 Å². The minimum atomic E-state index is 0.0937. The second kappa shape index (κ2) is 6.06. The quantitative estimate of drug-likeness (QED) is 0.754. The van der Waals surface area contributed by atoms with E-state index in [0.717, 1.165) is 26.1 Å². The molecule has 2 aliphatic rings. The van der Waals surface area contributed by atoms with Crippen molar-refractivity contribution in [1.82, 2.24) is 4.90 Å². The number of rotatable bonds is 3. The highest BCUT2D eigenvalue weighted by Crippen LogP contribution is 2.30. The first kappa shape index (κ1) is 14.3. The van der Waals surface area contributed by atoms with Gasteiger partial charge in [-0.2, -0.15) is 0 Å². The number of hydrogen-bond acceptors (Lipinski definition) is 1. The van der Waals surface area contributed by atoms with Gasteiger partial charge in [-0.3, -0.25) is 4.90 Å². The minimum absolute atomic E-state index is 0.0937. The third-order valence-electron chi connectivity index (χ3n) is 5.11. The SMILES string of the molecule is ClC(CN1CCc2ccccc2C1)c1ccc2c(c1)CCC2. The van der Waals surface area contributed by atoms with E-state index in [1.54, 1.807) is 0 Å². The highest BCUT2D eigenvalue weighted by molar-refractivity contribution is 6.21. The average Bonchev–Trinajstić information content (AvgIpc) is 3.02. The van der Waals surface area contributed by atoms with E-state index in [0.29, 0.717) is 0 Å². The van der Waals surface area contributed by atoms with Crippen molar-refractivity contribution < 1.29 is 0 Å². The fraction of sp³-hybridized carbons (Fsp3) is 0.400. The Morgan fingerprint density at radius 2 is 1.68 bits per heavy atom. The van der Waals surface area contributed by atoms with Crippen LogP contribution in [-0.2, 0) is 25.8 Å². The minimum Gasteiger partial charge on any atom is -0.297 e. The molecule has 0 aromatic heterocycles. The van der Waals surface area contributed by atoms with Gasteiger partial charge in [0.1, 0.15) is 0 Å². The smallest absolute Gasteiger partial charge is 0.0712 e. The summed E-state index contributed by atoms with van der Waals surface area (Å²) in [6.07, 6.45) is 4.91. The van der Waals surface area contributed by atoms with Gasteiger partial charge in [-0.05, 0) is 53.5 Å². The van der Waals surface area contributed by atoms with Crippen LogP contribution in [0.3, 0.4) is 0 Å². The van der Waals surface area contributed by atoms with E-state index in [4.69, 9.17) is 11.6 Å². The summed E-state index contributed by atoms with van der Waals surface area (Å²) in [5, 5.41) is 0.0937. The van der Waals surface area contributed by atoms with Crippen LogP contribution >= 0.6 is 11.6 Å². The van der Waals surface area contributed by atoms with Gasteiger partial charge in [0.2, 0.25) is 0 Å². The molecule has 0 fully saturated rings. The molecule has 2 aromatic carbocycles. The van der Waals surface area contributed by atoms with Gasteiger partial charge in [0.25, 0.3) is 0 Å². The predicted octanol–water partition coefficient (Wildman–Crippen LogP) is 4.51. The summed E-state index contributed by atoms with van der Waals surface area (Å²) < 4.78 is 0. The summed E-state index contributed by atoms with van der Waals surface area (Å²) in [5.74, 6) is 0. The maximum Gasteiger partial charge on any atom is 0.0712 e. The Morgan fingerprint density at radius 3 is 2.59 bits per heavy atom. The lowest BCUT2D eigenvalue weighted by molar-refractivity contribution is 0.254. The highest BCUT2D eigenvalue weighted by Gasteiger charge is 2.20. The number of alkyl halides is 1. The molecule has 0 saturated heterocycles. The van der Waals surface area contributed by atoms with Gasteiger partial charge in [-0.15, -0.1) is 11.6 Å². The number of hydrogen-bond donors (Lipinski definition) is 0. The average molecular weight is 312 g/mol. The van der Waals surface area contributed by atoms with Crippen LogP contribution in [0.25, 0.3) is 0 Å². The summed E-state index contributed by atoms with van der Waals surface area (Å²) in [7, 11) is 0. The fourth-order valence-electron chi connectivity index (χ4n) is 3.83. The van der Waals surface area contributed by atoms with E-state index in [1.807, 2.05) is 0 Å². The Balaban J connectivity index is 1.45. The zero-order valence-electron chi connectivity index (χ0n) is 12.9. The maximum absolute atomic E-state index is 6.73. The molecule has 1 heterocycles. The number of aryl methyl sites for hydroxylation is 2. The lowest BCUT2D eigenvalue weighted by Gasteiger charge is -2.30. The van der Waals surface area contributed by atoms with E-state index in [2.05, 4.69) is 47.4 Å². The normalized spacial score (nSPS) is 18.8. The van der Waals surface area contributed by atoms with Crippen LogP contribution in [0, 0.1) is 0 Å². The van der Waals surface area contributed by atoms with Crippen molar-refractivity contribution in [1.29, 1.82) is 0 Å². The van der Waals surface area contributed by atoms with Crippen LogP contribution in [0.1, 0.15) is 39.6 Å². The second-order valence-corrected chi connectivity index (χ2v) is 7.13. The molecule has 1 aliphatic carbocycles. The van der Waals surface area contributed by atoms with E-state index in [-0.39, 0.29) is 5.38 Å². The largest absolute Gasteiger partial charge is 0.297 e. The molecule has 0 spiro atoms. The number of nitrogens with zero attached hydrogens (tertiary/aromatic N) is 1. The zero-order chi connectivity index (χ0) is 14.9. The molecule has 114 valence electrons. The topological polar surface area (TPSA) is 3.24 Å². The van der Waals surface area contributed by atoms with Crippen LogP contribution in [0.4, 0.5) is 0 Å². The Labute approximate surface area is 137 Å². The third kappa shape index (κ3) is 2.80. The van der Waals surface area contributed by atoms with Crippen LogP contribution in [-0.4, -0.2) is 18.0 Å². The van der Waals surface area contributed by atoms with Crippen molar-refractivity contribution in [3.63, 3.8) is 0 Å². The number of benzene rings is 2. The molecule has 1 unspecified atom stereocenters. The Morgan fingerprint density at radius 1 is 0.909 bits per heavy atom. The Hall–Kier alpha value is -1.31. The Kier molecular flexibility index (Phi) is 3.94. The fourth-order valence-corrected chi connectivity index (χ4v) is 4.16. The molecule has 0 saturated carbocycles. The Bertz CT molecular complexity index is 679. The van der Waals surface area contributed by atoms with E-state index >= 15 is 0 Å². The first-order valence-electron chi connectivity index (χ1n) is 8.34. The first-order valence-corrected chi connectivity index (χ1v) is 8.78. The van der Waals surface area contributed by atoms with Crippen LogP contribution in [0.15, 0.2) is 42.5 Å². The van der Waals surface area contributed by atoms with Gasteiger partial charge in [0.15, 0.2) is 0 Å². The first-order chi connectivity index (χ1) is 10.8. The third-order valence-corrected chi connectivity index (χ3v) is 5.50. The number of fused-ring (bicyclic) bond motifs is 2. The lowest BCUT2D eigenvalue weighted by atomic mass is 9.99. The molecule has 1 atom stereocenters. The zero-order valence-corrected chi connectivity index (χ0v) is 13.6. The lowest BCUT2D eigenvalue weighted by Crippen LogP contribution is -2.33. The van der Waals surface area contributed by atoms with Crippen molar-refractivity contribution >= 4 is 11.6 Å². The molecule has 0 bridgehead atoms. The summed E-state index contributed by atoms with van der Waals surface area (Å²) >= 11 is 6.73. The monoisotopic (exact) mass is 311 g/mol. The number of halogens is 1. The van der Waals surface area contributed by atoms with Gasteiger partial charge in [0.05, 0.1) is 5.38 Å². The van der Waals surface area contributed by atoms with Crippen molar-refractivity contribution in [2.45, 2.75) is 37.6 Å². The summed E-state index contributed by atoms with van der Waals surface area (Å²) in [5.41, 5.74) is 7.31. The van der Waals surface area contributed by atoms with E-state index in [1.165, 1.54) is 47.1 Å². The molecule has 0 radical (unpaired) electrons. The maximum atomic E-state index is 6.73. The van der Waals surface area contributed by atoms with Crippen LogP contribution < -0.4 is 0 Å². The molecule has 2 aromatic rings. The standard InChI is InChI=1S/C20H22ClN/c21-20(18-9-8-15-6-3-7-17(15)12-18)14-22-11-10-16-4-1-2-5-19(16)13-22/h1-2,4-5,8-9,12,20H,3,6-7,10-11,13-14H2. The molecule has 1 nitrogen and oxygen atoms in total.